The van der Waals surface area contributed by atoms with Crippen LogP contribution in [0.2, 0.25) is 0 Å². The summed E-state index contributed by atoms with van der Waals surface area (Å²) in [6.45, 7) is 1.07. The third kappa shape index (κ3) is 3.56. The van der Waals surface area contributed by atoms with E-state index in [4.69, 9.17) is 0 Å². The van der Waals surface area contributed by atoms with Crippen LogP contribution in [0, 0.1) is 17.7 Å². The molecule has 0 saturated heterocycles. The molecule has 2 aliphatic rings. The van der Waals surface area contributed by atoms with Gasteiger partial charge in [-0.3, -0.25) is 0 Å². The van der Waals surface area contributed by atoms with E-state index in [1.165, 1.54) is 38.5 Å². The summed E-state index contributed by atoms with van der Waals surface area (Å²) in [5, 5.41) is 3.65. The number of rotatable bonds is 6. The Labute approximate surface area is 115 Å². The quantitative estimate of drug-likeness (QED) is 0.818. The molecular formula is C17H24FN. The highest BCUT2D eigenvalue weighted by atomic mass is 19.1. The lowest BCUT2D eigenvalue weighted by Gasteiger charge is -2.24. The molecule has 2 heteroatoms. The molecule has 19 heavy (non-hydrogen) atoms. The molecule has 1 aromatic carbocycles. The van der Waals surface area contributed by atoms with E-state index in [1.54, 1.807) is 12.1 Å². The predicted octanol–water partition coefficient (Wildman–Crippen LogP) is 3.93. The molecule has 3 rings (SSSR count). The van der Waals surface area contributed by atoms with Crippen molar-refractivity contribution >= 4 is 0 Å². The standard InChI is InChI=1S/C17H24FN/c18-17-8-4-3-7-14(17)11-15(12-19-16-9-10-16)13-5-1-2-6-13/h3-4,7-8,13,15-16,19H,1-2,5-6,9-12H2. The molecule has 0 amide bonds. The summed E-state index contributed by atoms with van der Waals surface area (Å²) in [6, 6.07) is 8.04. The van der Waals surface area contributed by atoms with Crippen molar-refractivity contribution in [3.8, 4) is 0 Å². The van der Waals surface area contributed by atoms with E-state index in [1.807, 2.05) is 12.1 Å². The summed E-state index contributed by atoms with van der Waals surface area (Å²) in [5.74, 6) is 1.38. The minimum absolute atomic E-state index is 0.0306. The smallest absolute Gasteiger partial charge is 0.126 e. The van der Waals surface area contributed by atoms with Gasteiger partial charge in [0.1, 0.15) is 5.82 Å². The van der Waals surface area contributed by atoms with E-state index in [-0.39, 0.29) is 5.82 Å². The van der Waals surface area contributed by atoms with Gasteiger partial charge in [0.05, 0.1) is 0 Å². The first-order valence-electron chi connectivity index (χ1n) is 7.79. The zero-order valence-electron chi connectivity index (χ0n) is 11.6. The van der Waals surface area contributed by atoms with E-state index in [0.29, 0.717) is 5.92 Å². The average Bonchev–Trinajstić information content (AvgIpc) is 3.09. The topological polar surface area (TPSA) is 12.0 Å². The zero-order chi connectivity index (χ0) is 13.1. The fourth-order valence-electron chi connectivity index (χ4n) is 3.39. The van der Waals surface area contributed by atoms with Gasteiger partial charge in [0.2, 0.25) is 0 Å². The number of halogens is 1. The van der Waals surface area contributed by atoms with Gasteiger partial charge in [0.15, 0.2) is 0 Å². The Morgan fingerprint density at radius 3 is 2.53 bits per heavy atom. The van der Waals surface area contributed by atoms with Crippen LogP contribution in [0.15, 0.2) is 24.3 Å². The first-order valence-corrected chi connectivity index (χ1v) is 7.79. The minimum atomic E-state index is -0.0306. The average molecular weight is 261 g/mol. The maximum atomic E-state index is 13.8. The van der Waals surface area contributed by atoms with Gasteiger partial charge >= 0.3 is 0 Å². The molecule has 0 aromatic heterocycles. The van der Waals surface area contributed by atoms with Gasteiger partial charge in [-0.2, -0.15) is 0 Å². The predicted molar refractivity (Wildman–Crippen MR) is 76.6 cm³/mol. The third-order valence-corrected chi connectivity index (χ3v) is 4.75. The van der Waals surface area contributed by atoms with E-state index in [9.17, 15) is 4.39 Å². The van der Waals surface area contributed by atoms with Gasteiger partial charge in [-0.15, -0.1) is 0 Å². The second kappa shape index (κ2) is 6.04. The number of benzene rings is 1. The first-order chi connectivity index (χ1) is 9.33. The lowest BCUT2D eigenvalue weighted by molar-refractivity contribution is 0.317. The summed E-state index contributed by atoms with van der Waals surface area (Å²) < 4.78 is 13.8. The van der Waals surface area contributed by atoms with Crippen LogP contribution in [0.4, 0.5) is 4.39 Å². The molecule has 1 aromatic rings. The molecule has 2 fully saturated rings. The van der Waals surface area contributed by atoms with Gasteiger partial charge in [0.25, 0.3) is 0 Å². The molecule has 1 atom stereocenters. The second-order valence-electron chi connectivity index (χ2n) is 6.28. The van der Waals surface area contributed by atoms with E-state index in [2.05, 4.69) is 5.32 Å². The largest absolute Gasteiger partial charge is 0.314 e. The maximum absolute atomic E-state index is 13.8. The molecule has 0 aliphatic heterocycles. The van der Waals surface area contributed by atoms with Crippen molar-refractivity contribution in [3.63, 3.8) is 0 Å². The summed E-state index contributed by atoms with van der Waals surface area (Å²) >= 11 is 0. The van der Waals surface area contributed by atoms with Gasteiger partial charge in [0, 0.05) is 6.04 Å². The first kappa shape index (κ1) is 13.1. The highest BCUT2D eigenvalue weighted by Gasteiger charge is 2.28. The van der Waals surface area contributed by atoms with Crippen LogP contribution in [-0.4, -0.2) is 12.6 Å². The minimum Gasteiger partial charge on any atom is -0.314 e. The van der Waals surface area contributed by atoms with E-state index < -0.39 is 0 Å². The van der Waals surface area contributed by atoms with Crippen LogP contribution < -0.4 is 5.32 Å². The molecule has 1 nitrogen and oxygen atoms in total. The van der Waals surface area contributed by atoms with E-state index >= 15 is 0 Å². The normalized spacial score (nSPS) is 21.7. The molecule has 0 bridgehead atoms. The van der Waals surface area contributed by atoms with Crippen molar-refractivity contribution in [2.24, 2.45) is 11.8 Å². The van der Waals surface area contributed by atoms with Crippen molar-refractivity contribution in [2.75, 3.05) is 6.54 Å². The van der Waals surface area contributed by atoms with Crippen LogP contribution in [0.5, 0.6) is 0 Å². The molecule has 1 N–H and O–H groups in total. The van der Waals surface area contributed by atoms with Crippen LogP contribution in [0.3, 0.4) is 0 Å². The fourth-order valence-corrected chi connectivity index (χ4v) is 3.39. The van der Waals surface area contributed by atoms with Gasteiger partial charge < -0.3 is 5.32 Å². The molecule has 0 heterocycles. The molecular weight excluding hydrogens is 237 g/mol. The van der Waals surface area contributed by atoms with Crippen molar-refractivity contribution < 1.29 is 4.39 Å². The highest BCUT2D eigenvalue weighted by Crippen LogP contribution is 2.34. The Hall–Kier alpha value is -0.890. The molecule has 1 unspecified atom stereocenters. The van der Waals surface area contributed by atoms with Crippen LogP contribution >= 0.6 is 0 Å². The van der Waals surface area contributed by atoms with Crippen molar-refractivity contribution in [2.45, 2.75) is 51.0 Å². The Balaban J connectivity index is 1.64. The zero-order valence-corrected chi connectivity index (χ0v) is 11.6. The van der Waals surface area contributed by atoms with Gasteiger partial charge in [-0.1, -0.05) is 43.9 Å². The van der Waals surface area contributed by atoms with Crippen molar-refractivity contribution in [3.05, 3.63) is 35.6 Å². The SMILES string of the molecule is Fc1ccccc1CC(CNC1CC1)C1CCCC1. The van der Waals surface area contributed by atoms with Crippen molar-refractivity contribution in [1.29, 1.82) is 0 Å². The number of hydrogen-bond donors (Lipinski definition) is 1. The Kier molecular flexibility index (Phi) is 4.17. The Morgan fingerprint density at radius 2 is 1.84 bits per heavy atom. The summed E-state index contributed by atoms with van der Waals surface area (Å²) in [7, 11) is 0. The Bertz CT molecular complexity index is 407. The van der Waals surface area contributed by atoms with E-state index in [0.717, 1.165) is 30.5 Å². The third-order valence-electron chi connectivity index (χ3n) is 4.75. The van der Waals surface area contributed by atoms with Crippen molar-refractivity contribution in [1.82, 2.24) is 5.32 Å². The molecule has 2 saturated carbocycles. The van der Waals surface area contributed by atoms with Gasteiger partial charge in [-0.05, 0) is 49.3 Å². The lowest BCUT2D eigenvalue weighted by atomic mass is 9.85. The molecule has 2 aliphatic carbocycles. The molecule has 0 spiro atoms. The van der Waals surface area contributed by atoms with Crippen LogP contribution in [0.1, 0.15) is 44.1 Å². The Morgan fingerprint density at radius 1 is 1.11 bits per heavy atom. The number of nitrogens with one attached hydrogen (secondary N) is 1. The van der Waals surface area contributed by atoms with Gasteiger partial charge in [-0.25, -0.2) is 4.39 Å². The fraction of sp³-hybridized carbons (Fsp3) is 0.647. The van der Waals surface area contributed by atoms with Crippen LogP contribution in [-0.2, 0) is 6.42 Å². The summed E-state index contributed by atoms with van der Waals surface area (Å²) in [6.07, 6.45) is 8.96. The highest BCUT2D eigenvalue weighted by molar-refractivity contribution is 5.18. The lowest BCUT2D eigenvalue weighted by Crippen LogP contribution is -2.30. The maximum Gasteiger partial charge on any atom is 0.126 e. The number of hydrogen-bond acceptors (Lipinski definition) is 1. The monoisotopic (exact) mass is 261 g/mol. The summed E-state index contributed by atoms with van der Waals surface area (Å²) in [4.78, 5) is 0. The summed E-state index contributed by atoms with van der Waals surface area (Å²) in [5.41, 5.74) is 0.900. The van der Waals surface area contributed by atoms with Crippen LogP contribution in [0.25, 0.3) is 0 Å². The second-order valence-corrected chi connectivity index (χ2v) is 6.28. The molecule has 104 valence electrons. The molecule has 0 radical (unpaired) electrons.